The molecular formula is C14H18N2O. The van der Waals surface area contributed by atoms with E-state index in [0.717, 1.165) is 12.1 Å². The lowest BCUT2D eigenvalue weighted by molar-refractivity contribution is -0.0794. The van der Waals surface area contributed by atoms with E-state index in [1.54, 1.807) is 7.11 Å². The van der Waals surface area contributed by atoms with Gasteiger partial charge in [0.25, 0.3) is 0 Å². The van der Waals surface area contributed by atoms with E-state index in [2.05, 4.69) is 25.2 Å². The molecule has 2 unspecified atom stereocenters. The van der Waals surface area contributed by atoms with Crippen LogP contribution in [0.15, 0.2) is 24.3 Å². The molecule has 1 fully saturated rings. The van der Waals surface area contributed by atoms with Crippen LogP contribution >= 0.6 is 0 Å². The molecule has 2 atom stereocenters. The van der Waals surface area contributed by atoms with Crippen molar-refractivity contribution in [2.24, 2.45) is 5.41 Å². The van der Waals surface area contributed by atoms with Gasteiger partial charge in [-0.3, -0.25) is 0 Å². The van der Waals surface area contributed by atoms with Crippen LogP contribution in [0.1, 0.15) is 25.8 Å². The summed E-state index contributed by atoms with van der Waals surface area (Å²) in [5.41, 5.74) is 1.73. The van der Waals surface area contributed by atoms with Crippen molar-refractivity contribution in [1.82, 2.24) is 0 Å². The number of hydrogen-bond donors (Lipinski definition) is 1. The Morgan fingerprint density at radius 1 is 1.41 bits per heavy atom. The maximum absolute atomic E-state index is 9.04. The zero-order valence-electron chi connectivity index (χ0n) is 10.5. The second-order valence-electron chi connectivity index (χ2n) is 5.14. The van der Waals surface area contributed by atoms with Gasteiger partial charge in [-0.15, -0.1) is 0 Å². The molecule has 0 bridgehead atoms. The summed E-state index contributed by atoms with van der Waals surface area (Å²) in [6.45, 7) is 4.38. The summed E-state index contributed by atoms with van der Waals surface area (Å²) in [6.07, 6.45) is 1.29. The monoisotopic (exact) mass is 230 g/mol. The van der Waals surface area contributed by atoms with Gasteiger partial charge in [0.15, 0.2) is 0 Å². The van der Waals surface area contributed by atoms with Gasteiger partial charge in [-0.05, 0) is 18.6 Å². The first kappa shape index (κ1) is 11.9. The van der Waals surface area contributed by atoms with Crippen LogP contribution in [0.5, 0.6) is 0 Å². The Morgan fingerprint density at radius 2 is 2.12 bits per heavy atom. The second kappa shape index (κ2) is 4.38. The zero-order chi connectivity index (χ0) is 12.5. The van der Waals surface area contributed by atoms with Crippen molar-refractivity contribution in [3.8, 4) is 6.07 Å². The first-order valence-electron chi connectivity index (χ1n) is 5.88. The average molecular weight is 230 g/mol. The number of nitrogens with zero attached hydrogens (tertiary/aromatic N) is 1. The number of nitriles is 1. The third-order valence-corrected chi connectivity index (χ3v) is 3.84. The molecule has 1 N–H and O–H groups in total. The maximum Gasteiger partial charge on any atom is 0.101 e. The van der Waals surface area contributed by atoms with Gasteiger partial charge in [-0.2, -0.15) is 5.26 Å². The fraction of sp³-hybridized carbons (Fsp3) is 0.500. The molecular weight excluding hydrogens is 212 g/mol. The Morgan fingerprint density at radius 3 is 2.71 bits per heavy atom. The standard InChI is InChI=1S/C14H18N2O/c1-14(2)12(8-13(14)17-3)16-11-7-5-4-6-10(11)9-15/h4-7,12-13,16H,8H2,1-3H3. The van der Waals surface area contributed by atoms with Crippen molar-refractivity contribution in [3.05, 3.63) is 29.8 Å². The number of para-hydroxylation sites is 1. The van der Waals surface area contributed by atoms with E-state index in [0.29, 0.717) is 17.7 Å². The summed E-state index contributed by atoms with van der Waals surface area (Å²) in [4.78, 5) is 0. The van der Waals surface area contributed by atoms with Crippen molar-refractivity contribution in [3.63, 3.8) is 0 Å². The molecule has 0 spiro atoms. The lowest BCUT2D eigenvalue weighted by atomic mass is 9.64. The normalized spacial score (nSPS) is 25.8. The van der Waals surface area contributed by atoms with Crippen molar-refractivity contribution in [1.29, 1.82) is 5.26 Å². The van der Waals surface area contributed by atoms with Crippen LogP contribution in [0.3, 0.4) is 0 Å². The minimum atomic E-state index is 0.108. The van der Waals surface area contributed by atoms with Crippen molar-refractivity contribution in [2.45, 2.75) is 32.4 Å². The summed E-state index contributed by atoms with van der Waals surface area (Å²) in [5, 5.41) is 12.5. The van der Waals surface area contributed by atoms with Gasteiger partial charge in [0, 0.05) is 18.6 Å². The highest BCUT2D eigenvalue weighted by molar-refractivity contribution is 5.58. The Kier molecular flexibility index (Phi) is 3.08. The van der Waals surface area contributed by atoms with Gasteiger partial charge in [0.1, 0.15) is 6.07 Å². The molecule has 1 aromatic rings. The van der Waals surface area contributed by atoms with Crippen LogP contribution in [-0.2, 0) is 4.74 Å². The van der Waals surface area contributed by atoms with Gasteiger partial charge in [0.05, 0.1) is 17.4 Å². The summed E-state index contributed by atoms with van der Waals surface area (Å²) < 4.78 is 5.42. The lowest BCUT2D eigenvalue weighted by Gasteiger charge is -2.51. The molecule has 1 aliphatic carbocycles. The number of ether oxygens (including phenoxy) is 1. The molecule has 3 heteroatoms. The number of benzene rings is 1. The molecule has 0 radical (unpaired) electrons. The fourth-order valence-electron chi connectivity index (χ4n) is 2.42. The summed E-state index contributed by atoms with van der Waals surface area (Å²) in [6, 6.07) is 10.2. The van der Waals surface area contributed by atoms with E-state index in [-0.39, 0.29) is 5.41 Å². The maximum atomic E-state index is 9.04. The highest BCUT2D eigenvalue weighted by Crippen LogP contribution is 2.44. The van der Waals surface area contributed by atoms with Crippen LogP contribution in [0.25, 0.3) is 0 Å². The molecule has 0 heterocycles. The molecule has 1 aliphatic rings. The van der Waals surface area contributed by atoms with Crippen LogP contribution in [0.4, 0.5) is 5.69 Å². The van der Waals surface area contributed by atoms with Gasteiger partial charge in [0.2, 0.25) is 0 Å². The summed E-state index contributed by atoms with van der Waals surface area (Å²) >= 11 is 0. The SMILES string of the molecule is COC1CC(Nc2ccccc2C#N)C1(C)C. The van der Waals surface area contributed by atoms with E-state index in [9.17, 15) is 0 Å². The Labute approximate surface area is 102 Å². The van der Waals surface area contributed by atoms with Gasteiger partial charge < -0.3 is 10.1 Å². The van der Waals surface area contributed by atoms with Crippen molar-refractivity contribution < 1.29 is 4.74 Å². The fourth-order valence-corrected chi connectivity index (χ4v) is 2.42. The molecule has 0 saturated heterocycles. The Bertz CT molecular complexity index is 448. The summed E-state index contributed by atoms with van der Waals surface area (Å²) in [7, 11) is 1.76. The van der Waals surface area contributed by atoms with E-state index in [1.807, 2.05) is 24.3 Å². The minimum Gasteiger partial charge on any atom is -0.381 e. The largest absolute Gasteiger partial charge is 0.381 e. The minimum absolute atomic E-state index is 0.108. The van der Waals surface area contributed by atoms with Crippen LogP contribution in [-0.4, -0.2) is 19.3 Å². The predicted octanol–water partition coefficient (Wildman–Crippen LogP) is 2.78. The van der Waals surface area contributed by atoms with Gasteiger partial charge in [-0.1, -0.05) is 26.0 Å². The highest BCUT2D eigenvalue weighted by atomic mass is 16.5. The third-order valence-electron chi connectivity index (χ3n) is 3.84. The number of rotatable bonds is 3. The Balaban J connectivity index is 2.11. The van der Waals surface area contributed by atoms with E-state index in [4.69, 9.17) is 10.00 Å². The van der Waals surface area contributed by atoms with Gasteiger partial charge >= 0.3 is 0 Å². The first-order chi connectivity index (χ1) is 8.09. The smallest absolute Gasteiger partial charge is 0.101 e. The average Bonchev–Trinajstić information content (AvgIpc) is 2.34. The Hall–Kier alpha value is -1.53. The molecule has 0 amide bonds. The van der Waals surface area contributed by atoms with Crippen LogP contribution < -0.4 is 5.32 Å². The molecule has 1 saturated carbocycles. The van der Waals surface area contributed by atoms with Crippen LogP contribution in [0, 0.1) is 16.7 Å². The van der Waals surface area contributed by atoms with Crippen molar-refractivity contribution in [2.75, 3.05) is 12.4 Å². The lowest BCUT2D eigenvalue weighted by Crippen LogP contribution is -2.57. The second-order valence-corrected chi connectivity index (χ2v) is 5.14. The molecule has 2 rings (SSSR count). The topological polar surface area (TPSA) is 45.0 Å². The van der Waals surface area contributed by atoms with E-state index < -0.39 is 0 Å². The highest BCUT2D eigenvalue weighted by Gasteiger charge is 2.48. The summed E-state index contributed by atoms with van der Waals surface area (Å²) in [5.74, 6) is 0. The zero-order valence-corrected chi connectivity index (χ0v) is 10.5. The predicted molar refractivity (Wildman–Crippen MR) is 67.8 cm³/mol. The van der Waals surface area contributed by atoms with E-state index in [1.165, 1.54) is 0 Å². The quantitative estimate of drug-likeness (QED) is 0.868. The van der Waals surface area contributed by atoms with Crippen molar-refractivity contribution >= 4 is 5.69 Å². The van der Waals surface area contributed by atoms with E-state index >= 15 is 0 Å². The molecule has 17 heavy (non-hydrogen) atoms. The number of methoxy groups -OCH3 is 1. The van der Waals surface area contributed by atoms with Crippen LogP contribution in [0.2, 0.25) is 0 Å². The molecule has 0 aromatic heterocycles. The number of hydrogen-bond acceptors (Lipinski definition) is 3. The molecule has 0 aliphatic heterocycles. The molecule has 3 nitrogen and oxygen atoms in total. The molecule has 1 aromatic carbocycles. The van der Waals surface area contributed by atoms with Gasteiger partial charge in [-0.25, -0.2) is 0 Å². The first-order valence-corrected chi connectivity index (χ1v) is 5.88. The molecule has 90 valence electrons. The number of anilines is 1. The number of nitrogens with one attached hydrogen (secondary N) is 1. The third kappa shape index (κ3) is 2.01.